The number of hydrogen-bond acceptors (Lipinski definition) is 7. The predicted octanol–water partition coefficient (Wildman–Crippen LogP) is 2.77. The minimum absolute atomic E-state index is 0.0649. The van der Waals surface area contributed by atoms with Crippen LogP contribution in [0.1, 0.15) is 59.9 Å². The summed E-state index contributed by atoms with van der Waals surface area (Å²) in [6.07, 6.45) is 0.431. The Morgan fingerprint density at radius 1 is 1.05 bits per heavy atom. The van der Waals surface area contributed by atoms with Gasteiger partial charge in [-0.1, -0.05) is 26.0 Å². The van der Waals surface area contributed by atoms with Gasteiger partial charge < -0.3 is 35.4 Å². The molecular formula is C26H40N4O7. The Labute approximate surface area is 218 Å². The minimum atomic E-state index is -0.875. The van der Waals surface area contributed by atoms with Crippen LogP contribution in [0.15, 0.2) is 24.3 Å². The molecule has 1 aromatic carbocycles. The SMILES string of the molecule is CC(C)[C@H](NC(=O)OC(C)(C)C)C(=O)N[C@@H](C)C(=O)Nc1ccc(COC(=O)N2CCC[C@H]2CO)cc1. The summed E-state index contributed by atoms with van der Waals surface area (Å²) < 4.78 is 10.6. The summed E-state index contributed by atoms with van der Waals surface area (Å²) in [6, 6.07) is 4.84. The molecular weight excluding hydrogens is 480 g/mol. The normalized spacial score (nSPS) is 17.1. The van der Waals surface area contributed by atoms with Gasteiger partial charge in [-0.25, -0.2) is 9.59 Å². The highest BCUT2D eigenvalue weighted by atomic mass is 16.6. The first kappa shape index (κ1) is 29.9. The second kappa shape index (κ2) is 13.3. The number of benzene rings is 1. The predicted molar refractivity (Wildman–Crippen MR) is 138 cm³/mol. The summed E-state index contributed by atoms with van der Waals surface area (Å²) in [5, 5.41) is 17.3. The van der Waals surface area contributed by atoms with E-state index < -0.39 is 41.7 Å². The molecule has 1 aliphatic rings. The lowest BCUT2D eigenvalue weighted by molar-refractivity contribution is -0.128. The first-order valence-electron chi connectivity index (χ1n) is 12.5. The monoisotopic (exact) mass is 520 g/mol. The summed E-state index contributed by atoms with van der Waals surface area (Å²) in [5.41, 5.74) is 0.539. The minimum Gasteiger partial charge on any atom is -0.445 e. The Balaban J connectivity index is 1.85. The zero-order valence-corrected chi connectivity index (χ0v) is 22.5. The molecule has 2 rings (SSSR count). The highest BCUT2D eigenvalue weighted by Crippen LogP contribution is 2.19. The van der Waals surface area contributed by atoms with E-state index in [4.69, 9.17) is 9.47 Å². The number of carbonyl (C=O) groups is 4. The lowest BCUT2D eigenvalue weighted by Crippen LogP contribution is -2.54. The Morgan fingerprint density at radius 3 is 2.27 bits per heavy atom. The summed E-state index contributed by atoms with van der Waals surface area (Å²) in [4.78, 5) is 51.3. The van der Waals surface area contributed by atoms with Gasteiger partial charge in [-0.3, -0.25) is 9.59 Å². The number of ether oxygens (including phenoxy) is 2. The van der Waals surface area contributed by atoms with E-state index in [1.807, 2.05) is 0 Å². The van der Waals surface area contributed by atoms with Crippen molar-refractivity contribution in [2.75, 3.05) is 18.5 Å². The third kappa shape index (κ3) is 9.56. The van der Waals surface area contributed by atoms with Crippen molar-refractivity contribution in [3.8, 4) is 0 Å². The van der Waals surface area contributed by atoms with E-state index in [1.165, 1.54) is 4.90 Å². The zero-order chi connectivity index (χ0) is 27.8. The summed E-state index contributed by atoms with van der Waals surface area (Å²) in [6.45, 7) is 10.8. The number of rotatable bonds is 9. The van der Waals surface area contributed by atoms with Crippen LogP contribution >= 0.6 is 0 Å². The van der Waals surface area contributed by atoms with Gasteiger partial charge in [-0.05, 0) is 64.2 Å². The average Bonchev–Trinajstić information content (AvgIpc) is 3.29. The molecule has 206 valence electrons. The Hall–Kier alpha value is -3.34. The van der Waals surface area contributed by atoms with Crippen molar-refractivity contribution in [3.05, 3.63) is 29.8 Å². The maximum atomic E-state index is 12.7. The molecule has 11 nitrogen and oxygen atoms in total. The molecule has 0 unspecified atom stereocenters. The number of anilines is 1. The molecule has 1 aliphatic heterocycles. The maximum absolute atomic E-state index is 12.7. The van der Waals surface area contributed by atoms with Crippen LogP contribution < -0.4 is 16.0 Å². The largest absolute Gasteiger partial charge is 0.445 e. The summed E-state index contributed by atoms with van der Waals surface area (Å²) in [5.74, 6) is -1.16. The van der Waals surface area contributed by atoms with Crippen molar-refractivity contribution < 1.29 is 33.8 Å². The van der Waals surface area contributed by atoms with Gasteiger partial charge in [0, 0.05) is 12.2 Å². The molecule has 0 spiro atoms. The quantitative estimate of drug-likeness (QED) is 0.392. The number of nitrogens with zero attached hydrogens (tertiary/aromatic N) is 1. The van der Waals surface area contributed by atoms with Gasteiger partial charge in [0.25, 0.3) is 0 Å². The molecule has 0 aromatic heterocycles. The highest BCUT2D eigenvalue weighted by molar-refractivity contribution is 5.98. The van der Waals surface area contributed by atoms with E-state index >= 15 is 0 Å². The zero-order valence-electron chi connectivity index (χ0n) is 22.5. The van der Waals surface area contributed by atoms with Crippen LogP contribution in [0.5, 0.6) is 0 Å². The first-order valence-corrected chi connectivity index (χ1v) is 12.5. The van der Waals surface area contributed by atoms with Crippen LogP contribution in [-0.4, -0.2) is 70.9 Å². The van der Waals surface area contributed by atoms with Gasteiger partial charge in [0.05, 0.1) is 12.6 Å². The van der Waals surface area contributed by atoms with Crippen molar-refractivity contribution in [2.45, 2.75) is 84.7 Å². The highest BCUT2D eigenvalue weighted by Gasteiger charge is 2.30. The molecule has 1 saturated heterocycles. The van der Waals surface area contributed by atoms with Crippen molar-refractivity contribution in [1.82, 2.24) is 15.5 Å². The number of aliphatic hydroxyl groups excluding tert-OH is 1. The van der Waals surface area contributed by atoms with Gasteiger partial charge in [-0.2, -0.15) is 0 Å². The second-order valence-corrected chi connectivity index (χ2v) is 10.5. The molecule has 37 heavy (non-hydrogen) atoms. The van der Waals surface area contributed by atoms with Crippen molar-refractivity contribution in [1.29, 1.82) is 0 Å². The lowest BCUT2D eigenvalue weighted by Gasteiger charge is -2.26. The summed E-state index contributed by atoms with van der Waals surface area (Å²) >= 11 is 0. The fourth-order valence-electron chi connectivity index (χ4n) is 3.77. The number of alkyl carbamates (subject to hydrolysis) is 1. The Bertz CT molecular complexity index is 943. The number of carbonyl (C=O) groups excluding carboxylic acids is 4. The van der Waals surface area contributed by atoms with E-state index in [9.17, 15) is 24.3 Å². The van der Waals surface area contributed by atoms with Crippen molar-refractivity contribution >= 4 is 29.7 Å². The fraction of sp³-hybridized carbons (Fsp3) is 0.615. The van der Waals surface area contributed by atoms with E-state index in [2.05, 4.69) is 16.0 Å². The van der Waals surface area contributed by atoms with Crippen LogP contribution in [0.4, 0.5) is 15.3 Å². The van der Waals surface area contributed by atoms with E-state index in [0.717, 1.165) is 18.4 Å². The van der Waals surface area contributed by atoms with Crippen molar-refractivity contribution in [3.63, 3.8) is 0 Å². The molecule has 1 aromatic rings. The Morgan fingerprint density at radius 2 is 1.70 bits per heavy atom. The standard InChI is InChI=1S/C26H40N4O7/c1-16(2)21(29-24(34)37-26(4,5)6)23(33)27-17(3)22(32)28-19-11-9-18(10-12-19)15-36-25(35)30-13-7-8-20(30)14-31/h9-12,16-17,20-21,31H,7-8,13-15H2,1-6H3,(H,27,33)(H,28,32)(H,29,34)/t17-,20-,21-/m0/s1. The molecule has 4 amide bonds. The third-order valence-corrected chi connectivity index (χ3v) is 5.78. The molecule has 0 saturated carbocycles. The second-order valence-electron chi connectivity index (χ2n) is 10.5. The smallest absolute Gasteiger partial charge is 0.410 e. The van der Waals surface area contributed by atoms with Crippen LogP contribution in [0.3, 0.4) is 0 Å². The topological polar surface area (TPSA) is 146 Å². The Kier molecular flexibility index (Phi) is 10.7. The molecule has 4 N–H and O–H groups in total. The van der Waals surface area contributed by atoms with Crippen LogP contribution in [-0.2, 0) is 25.7 Å². The number of likely N-dealkylation sites (tertiary alicyclic amines) is 1. The molecule has 0 bridgehead atoms. The van der Waals surface area contributed by atoms with Gasteiger partial charge in [0.15, 0.2) is 0 Å². The van der Waals surface area contributed by atoms with E-state index in [1.54, 1.807) is 65.8 Å². The van der Waals surface area contributed by atoms with Gasteiger partial charge in [0.1, 0.15) is 24.3 Å². The molecule has 1 fully saturated rings. The van der Waals surface area contributed by atoms with Gasteiger partial charge >= 0.3 is 12.2 Å². The molecule has 0 radical (unpaired) electrons. The molecule has 11 heteroatoms. The average molecular weight is 521 g/mol. The van der Waals surface area contributed by atoms with Crippen LogP contribution in [0.25, 0.3) is 0 Å². The number of amides is 4. The molecule has 3 atom stereocenters. The van der Waals surface area contributed by atoms with E-state index in [0.29, 0.717) is 12.2 Å². The lowest BCUT2D eigenvalue weighted by atomic mass is 10.0. The van der Waals surface area contributed by atoms with Crippen molar-refractivity contribution in [2.24, 2.45) is 5.92 Å². The molecule has 0 aliphatic carbocycles. The maximum Gasteiger partial charge on any atom is 0.410 e. The van der Waals surface area contributed by atoms with Gasteiger partial charge in [0.2, 0.25) is 11.8 Å². The van der Waals surface area contributed by atoms with E-state index in [-0.39, 0.29) is 25.2 Å². The third-order valence-electron chi connectivity index (χ3n) is 5.78. The number of nitrogens with one attached hydrogen (secondary N) is 3. The molecule has 1 heterocycles. The first-order chi connectivity index (χ1) is 17.3. The van der Waals surface area contributed by atoms with Crippen LogP contribution in [0, 0.1) is 5.92 Å². The fourth-order valence-corrected chi connectivity index (χ4v) is 3.77. The van der Waals surface area contributed by atoms with Gasteiger partial charge in [-0.15, -0.1) is 0 Å². The number of hydrogen-bond donors (Lipinski definition) is 4. The summed E-state index contributed by atoms with van der Waals surface area (Å²) in [7, 11) is 0. The number of aliphatic hydroxyl groups is 1. The van der Waals surface area contributed by atoms with Crippen LogP contribution in [0.2, 0.25) is 0 Å².